The molecule has 0 aliphatic heterocycles. The van der Waals surface area contributed by atoms with Gasteiger partial charge in [-0.2, -0.15) is 0 Å². The molecule has 98 valence electrons. The van der Waals surface area contributed by atoms with Gasteiger partial charge in [-0.25, -0.2) is 0 Å². The molecule has 5 heteroatoms. The zero-order valence-electron chi connectivity index (χ0n) is 10.6. The molecular formula is C13H18N2O2S. The van der Waals surface area contributed by atoms with Gasteiger partial charge in [0.2, 0.25) is 0 Å². The summed E-state index contributed by atoms with van der Waals surface area (Å²) in [6.45, 7) is 2.22. The Hall–Kier alpha value is -1.07. The number of hydrogen-bond donors (Lipinski definition) is 1. The second-order valence-corrected chi connectivity index (χ2v) is 5.99. The molecule has 3 atom stereocenters. The van der Waals surface area contributed by atoms with Crippen LogP contribution in [0.1, 0.15) is 19.8 Å². The minimum Gasteiger partial charge on any atom is -0.317 e. The minimum atomic E-state index is -0.294. The monoisotopic (exact) mass is 266 g/mol. The van der Waals surface area contributed by atoms with Crippen molar-refractivity contribution in [3.63, 3.8) is 0 Å². The molecule has 0 aromatic heterocycles. The van der Waals surface area contributed by atoms with E-state index in [1.165, 1.54) is 0 Å². The number of nitrogens with one attached hydrogen (secondary N) is 1. The lowest BCUT2D eigenvalue weighted by molar-refractivity contribution is -0.387. The molecule has 0 heterocycles. The molecule has 0 bridgehead atoms. The van der Waals surface area contributed by atoms with Gasteiger partial charge < -0.3 is 5.32 Å². The second-order valence-electron chi connectivity index (χ2n) is 4.71. The van der Waals surface area contributed by atoms with E-state index in [0.717, 1.165) is 17.7 Å². The molecule has 2 rings (SSSR count). The lowest BCUT2D eigenvalue weighted by Gasteiger charge is -2.19. The number of hydrogen-bond acceptors (Lipinski definition) is 4. The van der Waals surface area contributed by atoms with Gasteiger partial charge in [-0.15, -0.1) is 11.8 Å². The van der Waals surface area contributed by atoms with E-state index in [1.54, 1.807) is 23.9 Å². The normalized spacial score (nSPS) is 27.3. The lowest BCUT2D eigenvalue weighted by Crippen LogP contribution is -2.30. The average Bonchev–Trinajstić information content (AvgIpc) is 2.71. The summed E-state index contributed by atoms with van der Waals surface area (Å²) in [5, 5.41) is 14.8. The zero-order chi connectivity index (χ0) is 13.1. The molecule has 1 N–H and O–H groups in total. The summed E-state index contributed by atoms with van der Waals surface area (Å²) in [6, 6.07) is 7.55. The highest BCUT2D eigenvalue weighted by molar-refractivity contribution is 8.00. The summed E-state index contributed by atoms with van der Waals surface area (Å²) in [5.74, 6) is 0.541. The Balaban J connectivity index is 2.13. The van der Waals surface area contributed by atoms with Crippen LogP contribution in [0.25, 0.3) is 0 Å². The SMILES string of the molecule is CNC1CCC(Sc2ccccc2[N+](=O)[O-])C1C. The molecule has 0 spiro atoms. The van der Waals surface area contributed by atoms with Crippen molar-refractivity contribution in [1.82, 2.24) is 5.32 Å². The van der Waals surface area contributed by atoms with Gasteiger partial charge in [-0.05, 0) is 31.9 Å². The van der Waals surface area contributed by atoms with Crippen molar-refractivity contribution < 1.29 is 4.92 Å². The molecule has 4 nitrogen and oxygen atoms in total. The molecule has 1 saturated carbocycles. The van der Waals surface area contributed by atoms with Crippen LogP contribution in [-0.4, -0.2) is 23.3 Å². The summed E-state index contributed by atoms with van der Waals surface area (Å²) in [5.41, 5.74) is 0.225. The highest BCUT2D eigenvalue weighted by Gasteiger charge is 2.33. The first kappa shape index (κ1) is 13.4. The third-order valence-electron chi connectivity index (χ3n) is 3.69. The maximum absolute atomic E-state index is 11.0. The van der Waals surface area contributed by atoms with Crippen LogP contribution in [0.4, 0.5) is 5.69 Å². The minimum absolute atomic E-state index is 0.225. The average molecular weight is 266 g/mol. The van der Waals surface area contributed by atoms with Crippen LogP contribution < -0.4 is 5.32 Å². The molecule has 1 aromatic carbocycles. The molecule has 1 fully saturated rings. The first-order chi connectivity index (χ1) is 8.63. The largest absolute Gasteiger partial charge is 0.317 e. The van der Waals surface area contributed by atoms with Gasteiger partial charge in [-0.3, -0.25) is 10.1 Å². The predicted octanol–water partition coefficient (Wildman–Crippen LogP) is 3.07. The van der Waals surface area contributed by atoms with E-state index in [4.69, 9.17) is 0 Å². The topological polar surface area (TPSA) is 55.2 Å². The van der Waals surface area contributed by atoms with E-state index in [0.29, 0.717) is 17.2 Å². The van der Waals surface area contributed by atoms with Crippen LogP contribution in [0.15, 0.2) is 29.2 Å². The van der Waals surface area contributed by atoms with Gasteiger partial charge in [0.05, 0.1) is 9.82 Å². The van der Waals surface area contributed by atoms with Crippen LogP contribution in [0.3, 0.4) is 0 Å². The maximum Gasteiger partial charge on any atom is 0.282 e. The Labute approximate surface area is 111 Å². The van der Waals surface area contributed by atoms with Crippen molar-refractivity contribution in [2.24, 2.45) is 5.92 Å². The van der Waals surface area contributed by atoms with Crippen LogP contribution in [0.5, 0.6) is 0 Å². The van der Waals surface area contributed by atoms with Crippen LogP contribution in [0.2, 0.25) is 0 Å². The molecule has 1 aromatic rings. The number of para-hydroxylation sites is 1. The number of nitro groups is 1. The number of benzene rings is 1. The second kappa shape index (κ2) is 5.71. The molecule has 1 aliphatic rings. The number of nitro benzene ring substituents is 1. The van der Waals surface area contributed by atoms with Crippen LogP contribution >= 0.6 is 11.8 Å². The molecule has 3 unspecified atom stereocenters. The molecular weight excluding hydrogens is 248 g/mol. The van der Waals surface area contributed by atoms with E-state index in [2.05, 4.69) is 12.2 Å². The fourth-order valence-corrected chi connectivity index (χ4v) is 3.98. The van der Waals surface area contributed by atoms with E-state index in [-0.39, 0.29) is 10.6 Å². The number of thioether (sulfide) groups is 1. The number of nitrogens with zero attached hydrogens (tertiary/aromatic N) is 1. The van der Waals surface area contributed by atoms with E-state index in [9.17, 15) is 10.1 Å². The van der Waals surface area contributed by atoms with Crippen LogP contribution in [0, 0.1) is 16.0 Å². The highest BCUT2D eigenvalue weighted by atomic mass is 32.2. The summed E-state index contributed by atoms with van der Waals surface area (Å²) in [4.78, 5) is 11.5. The van der Waals surface area contributed by atoms with Gasteiger partial charge in [0.15, 0.2) is 0 Å². The summed E-state index contributed by atoms with van der Waals surface area (Å²) >= 11 is 1.65. The molecule has 0 radical (unpaired) electrons. The van der Waals surface area contributed by atoms with Crippen molar-refractivity contribution in [3.8, 4) is 0 Å². The molecule has 18 heavy (non-hydrogen) atoms. The van der Waals surface area contributed by atoms with Crippen molar-refractivity contribution in [2.75, 3.05) is 7.05 Å². The maximum atomic E-state index is 11.0. The predicted molar refractivity (Wildman–Crippen MR) is 74.0 cm³/mol. The summed E-state index contributed by atoms with van der Waals surface area (Å²) in [7, 11) is 1.99. The van der Waals surface area contributed by atoms with Crippen molar-refractivity contribution in [2.45, 2.75) is 36.0 Å². The third-order valence-corrected chi connectivity index (χ3v) is 5.26. The van der Waals surface area contributed by atoms with E-state index < -0.39 is 0 Å². The van der Waals surface area contributed by atoms with Crippen molar-refractivity contribution in [3.05, 3.63) is 34.4 Å². The lowest BCUT2D eigenvalue weighted by atomic mass is 10.1. The standard InChI is InChI=1S/C13H18N2O2S/c1-9-10(14-2)7-8-12(9)18-13-6-4-3-5-11(13)15(16)17/h3-6,9-10,12,14H,7-8H2,1-2H3. The highest BCUT2D eigenvalue weighted by Crippen LogP contribution is 2.41. The Kier molecular flexibility index (Phi) is 4.24. The fourth-order valence-electron chi connectivity index (χ4n) is 2.57. The first-order valence-electron chi connectivity index (χ1n) is 6.21. The molecule has 0 amide bonds. The van der Waals surface area contributed by atoms with Crippen LogP contribution in [-0.2, 0) is 0 Å². The Morgan fingerprint density at radius 3 is 2.72 bits per heavy atom. The smallest absolute Gasteiger partial charge is 0.282 e. The molecule has 0 saturated heterocycles. The Bertz CT molecular complexity index is 439. The Morgan fingerprint density at radius 2 is 2.11 bits per heavy atom. The summed E-state index contributed by atoms with van der Waals surface area (Å²) < 4.78 is 0. The third kappa shape index (κ3) is 2.67. The van der Waals surface area contributed by atoms with Gasteiger partial charge in [0.1, 0.15) is 0 Å². The van der Waals surface area contributed by atoms with E-state index >= 15 is 0 Å². The molecule has 1 aliphatic carbocycles. The summed E-state index contributed by atoms with van der Waals surface area (Å²) in [6.07, 6.45) is 2.26. The van der Waals surface area contributed by atoms with Gasteiger partial charge >= 0.3 is 0 Å². The van der Waals surface area contributed by atoms with Gasteiger partial charge in [0.25, 0.3) is 5.69 Å². The first-order valence-corrected chi connectivity index (χ1v) is 7.08. The van der Waals surface area contributed by atoms with Crippen molar-refractivity contribution in [1.29, 1.82) is 0 Å². The Morgan fingerprint density at radius 1 is 1.39 bits per heavy atom. The quantitative estimate of drug-likeness (QED) is 0.672. The van der Waals surface area contributed by atoms with E-state index in [1.807, 2.05) is 19.2 Å². The fraction of sp³-hybridized carbons (Fsp3) is 0.538. The van der Waals surface area contributed by atoms with Gasteiger partial charge in [-0.1, -0.05) is 19.1 Å². The number of rotatable bonds is 4. The zero-order valence-corrected chi connectivity index (χ0v) is 11.4. The van der Waals surface area contributed by atoms with Crippen molar-refractivity contribution >= 4 is 17.4 Å². The van der Waals surface area contributed by atoms with Gasteiger partial charge in [0, 0.05) is 17.4 Å².